The Bertz CT molecular complexity index is 529. The van der Waals surface area contributed by atoms with Gasteiger partial charge in [0.1, 0.15) is 17.5 Å². The third-order valence-electron chi connectivity index (χ3n) is 3.73. The number of carbonyl (C=O) groups excluding carboxylic acids is 1. The van der Waals surface area contributed by atoms with Gasteiger partial charge >= 0.3 is 6.09 Å². The molecule has 0 aromatic heterocycles. The van der Waals surface area contributed by atoms with E-state index in [4.69, 9.17) is 9.47 Å². The zero-order chi connectivity index (χ0) is 17.0. The lowest BCUT2D eigenvalue weighted by atomic mass is 10.1. The van der Waals surface area contributed by atoms with Crippen LogP contribution in [0, 0.1) is 0 Å². The number of nitrogens with zero attached hydrogens (tertiary/aromatic N) is 2. The maximum Gasteiger partial charge on any atom is 0.410 e. The second-order valence-corrected chi connectivity index (χ2v) is 7.18. The molecule has 1 saturated heterocycles. The Morgan fingerprint density at radius 2 is 1.87 bits per heavy atom. The standard InChI is InChI=1S/C18H28N2O3/c1-18(2,3)23-17(21)20-11-9-15(10-12-20)22-16-8-6-7-14(13-16)19(4)5/h6-8,13,15H,9-12H2,1-5H3. The minimum absolute atomic E-state index is 0.145. The van der Waals surface area contributed by atoms with Crippen molar-refractivity contribution in [2.45, 2.75) is 45.3 Å². The lowest BCUT2D eigenvalue weighted by Gasteiger charge is -2.33. The van der Waals surface area contributed by atoms with Crippen LogP contribution in [0.1, 0.15) is 33.6 Å². The second-order valence-electron chi connectivity index (χ2n) is 7.18. The predicted octanol–water partition coefficient (Wildman–Crippen LogP) is 3.53. The highest BCUT2D eigenvalue weighted by Gasteiger charge is 2.27. The van der Waals surface area contributed by atoms with E-state index in [2.05, 4.69) is 11.0 Å². The molecule has 128 valence electrons. The molecule has 2 rings (SSSR count). The molecule has 0 bridgehead atoms. The second kappa shape index (κ2) is 7.11. The molecular formula is C18H28N2O3. The smallest absolute Gasteiger partial charge is 0.410 e. The largest absolute Gasteiger partial charge is 0.490 e. The van der Waals surface area contributed by atoms with Crippen molar-refractivity contribution >= 4 is 11.8 Å². The van der Waals surface area contributed by atoms with Crippen LogP contribution < -0.4 is 9.64 Å². The summed E-state index contributed by atoms with van der Waals surface area (Å²) in [5, 5.41) is 0. The minimum Gasteiger partial charge on any atom is -0.490 e. The predicted molar refractivity (Wildman–Crippen MR) is 92.2 cm³/mol. The van der Waals surface area contributed by atoms with E-state index in [1.54, 1.807) is 4.90 Å². The summed E-state index contributed by atoms with van der Waals surface area (Å²) >= 11 is 0. The van der Waals surface area contributed by atoms with E-state index in [-0.39, 0.29) is 12.2 Å². The van der Waals surface area contributed by atoms with Crippen molar-refractivity contribution in [1.29, 1.82) is 0 Å². The number of ether oxygens (including phenoxy) is 2. The van der Waals surface area contributed by atoms with Crippen LogP contribution in [-0.2, 0) is 4.74 Å². The third kappa shape index (κ3) is 5.34. The molecule has 0 N–H and O–H groups in total. The highest BCUT2D eigenvalue weighted by Crippen LogP contribution is 2.24. The Labute approximate surface area is 139 Å². The quantitative estimate of drug-likeness (QED) is 0.854. The highest BCUT2D eigenvalue weighted by atomic mass is 16.6. The van der Waals surface area contributed by atoms with Crippen LogP contribution in [0.5, 0.6) is 5.75 Å². The summed E-state index contributed by atoms with van der Waals surface area (Å²) in [7, 11) is 4.02. The number of hydrogen-bond donors (Lipinski definition) is 0. The molecule has 5 heteroatoms. The normalized spacial score (nSPS) is 16.1. The minimum atomic E-state index is -0.447. The van der Waals surface area contributed by atoms with Gasteiger partial charge in [-0.25, -0.2) is 4.79 Å². The van der Waals surface area contributed by atoms with E-state index in [1.165, 1.54) is 0 Å². The molecule has 0 spiro atoms. The zero-order valence-electron chi connectivity index (χ0n) is 14.8. The van der Waals surface area contributed by atoms with E-state index in [1.807, 2.05) is 53.1 Å². The Morgan fingerprint density at radius 1 is 1.22 bits per heavy atom. The van der Waals surface area contributed by atoms with Crippen LogP contribution in [0.2, 0.25) is 0 Å². The summed E-state index contributed by atoms with van der Waals surface area (Å²) in [6.45, 7) is 7.01. The molecular weight excluding hydrogens is 292 g/mol. The van der Waals surface area contributed by atoms with E-state index in [9.17, 15) is 4.79 Å². The molecule has 0 atom stereocenters. The first-order chi connectivity index (χ1) is 10.7. The topological polar surface area (TPSA) is 42.0 Å². The molecule has 1 aromatic rings. The molecule has 1 aliphatic rings. The van der Waals surface area contributed by atoms with E-state index >= 15 is 0 Å². The first kappa shape index (κ1) is 17.4. The van der Waals surface area contributed by atoms with Gasteiger partial charge in [0.15, 0.2) is 0 Å². The zero-order valence-corrected chi connectivity index (χ0v) is 14.8. The molecule has 5 nitrogen and oxygen atoms in total. The van der Waals surface area contributed by atoms with Crippen molar-refractivity contribution < 1.29 is 14.3 Å². The molecule has 1 heterocycles. The van der Waals surface area contributed by atoms with Crippen molar-refractivity contribution in [3.05, 3.63) is 24.3 Å². The Hall–Kier alpha value is -1.91. The number of rotatable bonds is 3. The van der Waals surface area contributed by atoms with Gasteiger partial charge in [0.2, 0.25) is 0 Å². The molecule has 0 saturated carbocycles. The molecule has 0 radical (unpaired) electrons. The molecule has 1 aromatic carbocycles. The molecule has 23 heavy (non-hydrogen) atoms. The number of likely N-dealkylation sites (tertiary alicyclic amines) is 1. The molecule has 0 unspecified atom stereocenters. The number of amides is 1. The third-order valence-corrected chi connectivity index (χ3v) is 3.73. The Balaban J connectivity index is 1.85. The Kier molecular flexibility index (Phi) is 5.39. The van der Waals surface area contributed by atoms with Gasteiger partial charge in [-0.2, -0.15) is 0 Å². The maximum absolute atomic E-state index is 12.1. The van der Waals surface area contributed by atoms with Gasteiger partial charge in [0.25, 0.3) is 0 Å². The number of anilines is 1. The highest BCUT2D eigenvalue weighted by molar-refractivity contribution is 5.68. The van der Waals surface area contributed by atoms with Gasteiger partial charge in [-0.1, -0.05) is 6.07 Å². The average Bonchev–Trinajstić information content (AvgIpc) is 2.46. The van der Waals surface area contributed by atoms with Gasteiger partial charge in [0.05, 0.1) is 0 Å². The summed E-state index contributed by atoms with van der Waals surface area (Å²) < 4.78 is 11.5. The Morgan fingerprint density at radius 3 is 2.43 bits per heavy atom. The van der Waals surface area contributed by atoms with Crippen molar-refractivity contribution in [1.82, 2.24) is 4.90 Å². The number of carbonyl (C=O) groups is 1. The number of piperidine rings is 1. The lowest BCUT2D eigenvalue weighted by Crippen LogP contribution is -2.44. The van der Waals surface area contributed by atoms with Crippen molar-refractivity contribution in [3.63, 3.8) is 0 Å². The van der Waals surface area contributed by atoms with Crippen molar-refractivity contribution in [2.75, 3.05) is 32.1 Å². The van der Waals surface area contributed by atoms with E-state index < -0.39 is 5.60 Å². The van der Waals surface area contributed by atoms with E-state index in [0.717, 1.165) is 24.3 Å². The fraction of sp³-hybridized carbons (Fsp3) is 0.611. The van der Waals surface area contributed by atoms with Gasteiger partial charge in [0, 0.05) is 51.8 Å². The van der Waals surface area contributed by atoms with Crippen LogP contribution in [-0.4, -0.2) is 49.9 Å². The monoisotopic (exact) mass is 320 g/mol. The van der Waals surface area contributed by atoms with Crippen LogP contribution in [0.3, 0.4) is 0 Å². The van der Waals surface area contributed by atoms with Crippen LogP contribution in [0.25, 0.3) is 0 Å². The number of hydrogen-bond acceptors (Lipinski definition) is 4. The van der Waals surface area contributed by atoms with Crippen molar-refractivity contribution in [3.8, 4) is 5.75 Å². The van der Waals surface area contributed by atoms with Crippen LogP contribution >= 0.6 is 0 Å². The lowest BCUT2D eigenvalue weighted by molar-refractivity contribution is 0.0126. The average molecular weight is 320 g/mol. The maximum atomic E-state index is 12.1. The van der Waals surface area contributed by atoms with E-state index in [0.29, 0.717) is 13.1 Å². The fourth-order valence-electron chi connectivity index (χ4n) is 2.51. The van der Waals surface area contributed by atoms with Gasteiger partial charge in [-0.05, 0) is 32.9 Å². The van der Waals surface area contributed by atoms with Crippen LogP contribution in [0.15, 0.2) is 24.3 Å². The van der Waals surface area contributed by atoms with Gasteiger partial charge in [-0.15, -0.1) is 0 Å². The fourth-order valence-corrected chi connectivity index (χ4v) is 2.51. The summed E-state index contributed by atoms with van der Waals surface area (Å²) in [4.78, 5) is 15.9. The summed E-state index contributed by atoms with van der Waals surface area (Å²) in [6, 6.07) is 8.08. The van der Waals surface area contributed by atoms with Crippen molar-refractivity contribution in [2.24, 2.45) is 0 Å². The summed E-state index contributed by atoms with van der Waals surface area (Å²) in [5.41, 5.74) is 0.672. The van der Waals surface area contributed by atoms with Gasteiger partial charge in [-0.3, -0.25) is 0 Å². The summed E-state index contributed by atoms with van der Waals surface area (Å²) in [6.07, 6.45) is 1.56. The van der Waals surface area contributed by atoms with Crippen LogP contribution in [0.4, 0.5) is 10.5 Å². The summed E-state index contributed by atoms with van der Waals surface area (Å²) in [5.74, 6) is 0.881. The SMILES string of the molecule is CN(C)c1cccc(OC2CCN(C(=O)OC(C)(C)C)CC2)c1. The molecule has 1 fully saturated rings. The van der Waals surface area contributed by atoms with Gasteiger partial charge < -0.3 is 19.3 Å². The molecule has 0 aliphatic carbocycles. The number of benzene rings is 1. The molecule has 1 amide bonds. The first-order valence-corrected chi connectivity index (χ1v) is 8.16. The first-order valence-electron chi connectivity index (χ1n) is 8.16. The molecule has 1 aliphatic heterocycles.